The highest BCUT2D eigenvalue weighted by Crippen LogP contribution is 2.33. The van der Waals surface area contributed by atoms with Crippen LogP contribution in [0.4, 0.5) is 3.89 Å². The van der Waals surface area contributed by atoms with Gasteiger partial charge in [0.15, 0.2) is 0 Å². The molecule has 1 rings (SSSR count). The molecule has 1 aliphatic heterocycles. The number of rotatable bonds is 3. The maximum atomic E-state index is 12.3. The van der Waals surface area contributed by atoms with E-state index in [4.69, 9.17) is 4.74 Å². The Hall–Kier alpha value is -0.160. The van der Waals surface area contributed by atoms with Gasteiger partial charge in [-0.25, -0.2) is 0 Å². The lowest BCUT2D eigenvalue weighted by molar-refractivity contribution is 0.0224. The van der Waals surface area contributed by atoms with E-state index in [9.17, 15) is 12.3 Å². The summed E-state index contributed by atoms with van der Waals surface area (Å²) in [5, 5.41) is 0. The predicted molar refractivity (Wildman–Crippen MR) is 47.7 cm³/mol. The molecule has 1 aliphatic rings. The summed E-state index contributed by atoms with van der Waals surface area (Å²) < 4.78 is 38.0. The van der Waals surface area contributed by atoms with Crippen LogP contribution < -0.4 is 0 Å². The zero-order valence-electron chi connectivity index (χ0n) is 7.75. The van der Waals surface area contributed by atoms with Gasteiger partial charge in [-0.3, -0.25) is 0 Å². The van der Waals surface area contributed by atoms with Crippen molar-refractivity contribution in [1.29, 1.82) is 0 Å². The Morgan fingerprint density at radius 2 is 1.92 bits per heavy atom. The molecule has 1 heterocycles. The van der Waals surface area contributed by atoms with Gasteiger partial charge in [-0.15, -0.1) is 3.89 Å². The Morgan fingerprint density at radius 3 is 2.38 bits per heavy atom. The SMILES string of the molecule is CC1(CCS(=O)(=O)F)CCOCC1. The topological polar surface area (TPSA) is 43.4 Å². The predicted octanol–water partition coefficient (Wildman–Crippen LogP) is 1.49. The zero-order chi connectivity index (χ0) is 9.95. The Bertz CT molecular complexity index is 255. The Balaban J connectivity index is 2.42. The number of hydrogen-bond acceptors (Lipinski definition) is 3. The monoisotopic (exact) mass is 210 g/mol. The first-order chi connectivity index (χ1) is 5.91. The lowest BCUT2D eigenvalue weighted by Gasteiger charge is -2.32. The lowest BCUT2D eigenvalue weighted by Crippen LogP contribution is -2.28. The summed E-state index contributed by atoms with van der Waals surface area (Å²) in [6.07, 6.45) is 2.04. The van der Waals surface area contributed by atoms with Gasteiger partial charge in [0.25, 0.3) is 0 Å². The second-order valence-electron chi connectivity index (χ2n) is 3.92. The molecule has 1 fully saturated rings. The molecule has 0 aromatic heterocycles. The van der Waals surface area contributed by atoms with Crippen molar-refractivity contribution in [2.75, 3.05) is 19.0 Å². The number of ether oxygens (including phenoxy) is 1. The molecule has 0 saturated carbocycles. The first kappa shape index (κ1) is 10.9. The minimum atomic E-state index is -4.30. The first-order valence-electron chi connectivity index (χ1n) is 4.41. The molecule has 0 atom stereocenters. The molecule has 0 amide bonds. The van der Waals surface area contributed by atoms with Gasteiger partial charge < -0.3 is 4.74 Å². The van der Waals surface area contributed by atoms with Crippen LogP contribution >= 0.6 is 0 Å². The van der Waals surface area contributed by atoms with E-state index in [1.165, 1.54) is 0 Å². The molecule has 0 radical (unpaired) electrons. The van der Waals surface area contributed by atoms with Gasteiger partial charge in [-0.05, 0) is 24.7 Å². The van der Waals surface area contributed by atoms with Crippen LogP contribution in [-0.2, 0) is 15.0 Å². The maximum absolute atomic E-state index is 12.3. The van der Waals surface area contributed by atoms with E-state index in [0.29, 0.717) is 19.6 Å². The third-order valence-corrected chi connectivity index (χ3v) is 3.34. The summed E-state index contributed by atoms with van der Waals surface area (Å²) in [6, 6.07) is 0. The Kier molecular flexibility index (Phi) is 3.29. The van der Waals surface area contributed by atoms with Crippen molar-refractivity contribution in [3.63, 3.8) is 0 Å². The molecule has 0 aromatic carbocycles. The van der Waals surface area contributed by atoms with Crippen LogP contribution in [0.25, 0.3) is 0 Å². The fraction of sp³-hybridized carbons (Fsp3) is 1.00. The van der Waals surface area contributed by atoms with Gasteiger partial charge >= 0.3 is 10.2 Å². The largest absolute Gasteiger partial charge is 0.381 e. The van der Waals surface area contributed by atoms with Crippen molar-refractivity contribution >= 4 is 10.2 Å². The van der Waals surface area contributed by atoms with Crippen molar-refractivity contribution < 1.29 is 17.0 Å². The maximum Gasteiger partial charge on any atom is 0.302 e. The molecule has 1 saturated heterocycles. The van der Waals surface area contributed by atoms with E-state index in [1.54, 1.807) is 0 Å². The van der Waals surface area contributed by atoms with E-state index < -0.39 is 10.2 Å². The van der Waals surface area contributed by atoms with Crippen LogP contribution in [0.1, 0.15) is 26.2 Å². The highest BCUT2D eigenvalue weighted by atomic mass is 32.3. The van der Waals surface area contributed by atoms with Crippen LogP contribution in [0.15, 0.2) is 0 Å². The van der Waals surface area contributed by atoms with E-state index in [0.717, 1.165) is 12.8 Å². The third kappa shape index (κ3) is 4.04. The Labute approximate surface area is 78.5 Å². The highest BCUT2D eigenvalue weighted by molar-refractivity contribution is 7.86. The average Bonchev–Trinajstić information content (AvgIpc) is 2.02. The first-order valence-corrected chi connectivity index (χ1v) is 5.97. The minimum absolute atomic E-state index is 0.0581. The van der Waals surface area contributed by atoms with E-state index in [2.05, 4.69) is 0 Å². The summed E-state index contributed by atoms with van der Waals surface area (Å²) in [5.74, 6) is -0.358. The number of hydrogen-bond donors (Lipinski definition) is 0. The highest BCUT2D eigenvalue weighted by Gasteiger charge is 2.28. The third-order valence-electron chi connectivity index (χ3n) is 2.65. The molecule has 0 aromatic rings. The molecule has 0 aliphatic carbocycles. The van der Waals surface area contributed by atoms with Crippen molar-refractivity contribution in [1.82, 2.24) is 0 Å². The van der Waals surface area contributed by atoms with Gasteiger partial charge in [0.05, 0.1) is 5.75 Å². The molecular formula is C8H15FO3S. The molecule has 3 nitrogen and oxygen atoms in total. The Morgan fingerprint density at radius 1 is 1.38 bits per heavy atom. The lowest BCUT2D eigenvalue weighted by atomic mass is 9.80. The van der Waals surface area contributed by atoms with Crippen molar-refractivity contribution in [3.05, 3.63) is 0 Å². The quantitative estimate of drug-likeness (QED) is 0.663. The zero-order valence-corrected chi connectivity index (χ0v) is 8.57. The van der Waals surface area contributed by atoms with Crippen LogP contribution in [0.2, 0.25) is 0 Å². The molecule has 0 N–H and O–H groups in total. The second kappa shape index (κ2) is 3.92. The standard InChI is InChI=1S/C8H15FO3S/c1-8(2-5-12-6-3-8)4-7-13(9,10)11/h2-7H2,1H3. The minimum Gasteiger partial charge on any atom is -0.381 e. The summed E-state index contributed by atoms with van der Waals surface area (Å²) in [6.45, 7) is 3.30. The van der Waals surface area contributed by atoms with Crippen molar-refractivity contribution in [2.24, 2.45) is 5.41 Å². The smallest absolute Gasteiger partial charge is 0.302 e. The van der Waals surface area contributed by atoms with Crippen molar-refractivity contribution in [2.45, 2.75) is 26.2 Å². The van der Waals surface area contributed by atoms with E-state index >= 15 is 0 Å². The van der Waals surface area contributed by atoms with Crippen molar-refractivity contribution in [3.8, 4) is 0 Å². The summed E-state index contributed by atoms with van der Waals surface area (Å²) >= 11 is 0. The normalized spacial score (nSPS) is 22.9. The molecule has 78 valence electrons. The molecule has 13 heavy (non-hydrogen) atoms. The molecule has 0 bridgehead atoms. The van der Waals surface area contributed by atoms with Gasteiger partial charge in [0.2, 0.25) is 0 Å². The molecule has 0 spiro atoms. The van der Waals surface area contributed by atoms with Crippen LogP contribution in [0, 0.1) is 5.41 Å². The van der Waals surface area contributed by atoms with Gasteiger partial charge in [0.1, 0.15) is 0 Å². The summed E-state index contributed by atoms with van der Waals surface area (Å²) in [5.41, 5.74) is -0.0581. The van der Waals surface area contributed by atoms with Gasteiger partial charge in [0, 0.05) is 13.2 Å². The fourth-order valence-corrected chi connectivity index (χ4v) is 2.22. The molecule has 5 heteroatoms. The van der Waals surface area contributed by atoms with Crippen LogP contribution in [0.5, 0.6) is 0 Å². The molecule has 0 unspecified atom stereocenters. The fourth-order valence-electron chi connectivity index (χ4n) is 1.48. The van der Waals surface area contributed by atoms with Crippen LogP contribution in [-0.4, -0.2) is 27.4 Å². The number of halogens is 1. The average molecular weight is 210 g/mol. The second-order valence-corrected chi connectivity index (χ2v) is 5.40. The van der Waals surface area contributed by atoms with E-state index in [-0.39, 0.29) is 11.2 Å². The van der Waals surface area contributed by atoms with Gasteiger partial charge in [-0.1, -0.05) is 6.92 Å². The van der Waals surface area contributed by atoms with Crippen LogP contribution in [0.3, 0.4) is 0 Å². The van der Waals surface area contributed by atoms with Gasteiger partial charge in [-0.2, -0.15) is 8.42 Å². The van der Waals surface area contributed by atoms with E-state index in [1.807, 2.05) is 6.92 Å². The summed E-state index contributed by atoms with van der Waals surface area (Å²) in [7, 11) is -4.30. The summed E-state index contributed by atoms with van der Waals surface area (Å²) in [4.78, 5) is 0. The molecular weight excluding hydrogens is 195 g/mol.